The molecule has 0 N–H and O–H groups in total. The van der Waals surface area contributed by atoms with Gasteiger partial charge in [-0.2, -0.15) is 9.78 Å². The fraction of sp³-hybridized carbons (Fsp3) is 0.206. The van der Waals surface area contributed by atoms with Gasteiger partial charge in [-0.15, -0.1) is 0 Å². The molecule has 1 heterocycles. The van der Waals surface area contributed by atoms with Crippen LogP contribution in [0.25, 0.3) is 22.3 Å². The Labute approximate surface area is 243 Å². The minimum atomic E-state index is -0.335. The Bertz CT molecular complexity index is 1850. The summed E-state index contributed by atoms with van der Waals surface area (Å²) in [6, 6.07) is 22.9. The largest absolute Gasteiger partial charge is 0.496 e. The lowest BCUT2D eigenvalue weighted by molar-refractivity contribution is 0.279. The molecule has 0 atom stereocenters. The van der Waals surface area contributed by atoms with E-state index in [-0.39, 0.29) is 23.9 Å². The van der Waals surface area contributed by atoms with Crippen LogP contribution in [0, 0.1) is 12.7 Å². The van der Waals surface area contributed by atoms with Gasteiger partial charge < -0.3 is 14.2 Å². The Hall–Kier alpha value is -4.98. The first kappa shape index (κ1) is 28.5. The van der Waals surface area contributed by atoms with Crippen molar-refractivity contribution in [3.63, 3.8) is 0 Å². The van der Waals surface area contributed by atoms with Gasteiger partial charge in [-0.3, -0.25) is 4.79 Å². The third-order valence-corrected chi connectivity index (χ3v) is 7.04. The van der Waals surface area contributed by atoms with E-state index in [1.807, 2.05) is 31.2 Å². The van der Waals surface area contributed by atoms with E-state index in [1.165, 1.54) is 17.9 Å². The molecule has 0 amide bonds. The van der Waals surface area contributed by atoms with E-state index in [0.717, 1.165) is 22.4 Å². The van der Waals surface area contributed by atoms with Crippen LogP contribution in [0.2, 0.25) is 0 Å². The summed E-state index contributed by atoms with van der Waals surface area (Å²) in [6.07, 6.45) is 1.58. The molecular weight excluding hydrogens is 533 g/mol. The number of para-hydroxylation sites is 1. The van der Waals surface area contributed by atoms with Gasteiger partial charge in [0, 0.05) is 11.1 Å². The summed E-state index contributed by atoms with van der Waals surface area (Å²) in [5, 5.41) is 5.07. The molecule has 0 aliphatic carbocycles. The zero-order valence-electron chi connectivity index (χ0n) is 24.2. The van der Waals surface area contributed by atoms with Gasteiger partial charge >= 0.3 is 0 Å². The molecule has 214 valence electrons. The fourth-order valence-corrected chi connectivity index (χ4v) is 4.75. The molecule has 0 bridgehead atoms. The van der Waals surface area contributed by atoms with Crippen LogP contribution < -0.4 is 19.8 Å². The number of methoxy groups -OCH3 is 2. The first-order valence-electron chi connectivity index (χ1n) is 13.6. The molecule has 5 aromatic rings. The van der Waals surface area contributed by atoms with Crippen LogP contribution >= 0.6 is 0 Å². The molecule has 5 rings (SSSR count). The Kier molecular flexibility index (Phi) is 8.33. The van der Waals surface area contributed by atoms with Crippen LogP contribution in [0.1, 0.15) is 42.0 Å². The third kappa shape index (κ3) is 5.74. The van der Waals surface area contributed by atoms with Crippen LogP contribution in [0.5, 0.6) is 17.2 Å². The highest BCUT2D eigenvalue weighted by Crippen LogP contribution is 2.34. The number of hydrogen-bond acceptors (Lipinski definition) is 6. The Balaban J connectivity index is 1.56. The van der Waals surface area contributed by atoms with E-state index in [4.69, 9.17) is 19.2 Å². The zero-order valence-corrected chi connectivity index (χ0v) is 24.2. The zero-order chi connectivity index (χ0) is 29.8. The maximum Gasteiger partial charge on any atom is 0.282 e. The Morgan fingerprint density at radius 2 is 1.67 bits per heavy atom. The molecule has 7 nitrogen and oxygen atoms in total. The minimum absolute atomic E-state index is 0.0531. The summed E-state index contributed by atoms with van der Waals surface area (Å²) in [6.45, 7) is 6.19. The second-order valence-electron chi connectivity index (χ2n) is 10.2. The molecule has 0 spiro atoms. The molecule has 1 aromatic heterocycles. The van der Waals surface area contributed by atoms with Gasteiger partial charge in [0.2, 0.25) is 0 Å². The average Bonchev–Trinajstić information content (AvgIpc) is 3.00. The van der Waals surface area contributed by atoms with Crippen molar-refractivity contribution < 1.29 is 18.6 Å². The van der Waals surface area contributed by atoms with Crippen LogP contribution in [0.3, 0.4) is 0 Å². The fourth-order valence-electron chi connectivity index (χ4n) is 4.75. The summed E-state index contributed by atoms with van der Waals surface area (Å²) in [4.78, 5) is 18.6. The number of nitrogens with zero attached hydrogens (tertiary/aromatic N) is 3. The van der Waals surface area contributed by atoms with Gasteiger partial charge in [-0.05, 0) is 78.1 Å². The van der Waals surface area contributed by atoms with Crippen LogP contribution in [-0.2, 0) is 6.61 Å². The lowest BCUT2D eigenvalue weighted by Crippen LogP contribution is -2.20. The topological polar surface area (TPSA) is 74.9 Å². The second kappa shape index (κ2) is 12.3. The third-order valence-electron chi connectivity index (χ3n) is 7.04. The van der Waals surface area contributed by atoms with Crippen molar-refractivity contribution in [2.75, 3.05) is 14.2 Å². The number of rotatable bonds is 9. The smallest absolute Gasteiger partial charge is 0.282 e. The predicted molar refractivity (Wildman–Crippen MR) is 164 cm³/mol. The number of halogens is 1. The summed E-state index contributed by atoms with van der Waals surface area (Å²) in [5.41, 5.74) is 4.11. The lowest BCUT2D eigenvalue weighted by Gasteiger charge is -2.17. The first-order valence-corrected chi connectivity index (χ1v) is 13.6. The highest BCUT2D eigenvalue weighted by Gasteiger charge is 2.18. The van der Waals surface area contributed by atoms with Crippen molar-refractivity contribution in [1.82, 2.24) is 9.66 Å². The maximum absolute atomic E-state index is 14.0. The molecular formula is C34H32FN3O4. The number of benzene rings is 4. The number of aryl methyl sites for hydroxylation is 1. The molecule has 42 heavy (non-hydrogen) atoms. The normalized spacial score (nSPS) is 11.4. The van der Waals surface area contributed by atoms with E-state index in [9.17, 15) is 9.18 Å². The second-order valence-corrected chi connectivity index (χ2v) is 10.2. The summed E-state index contributed by atoms with van der Waals surface area (Å²) in [7, 11) is 3.18. The molecule has 0 radical (unpaired) electrons. The Morgan fingerprint density at radius 3 is 2.40 bits per heavy atom. The molecule has 4 aromatic carbocycles. The van der Waals surface area contributed by atoms with Crippen molar-refractivity contribution in [2.24, 2.45) is 5.10 Å². The van der Waals surface area contributed by atoms with Crippen LogP contribution in [-0.4, -0.2) is 30.1 Å². The van der Waals surface area contributed by atoms with Crippen molar-refractivity contribution in [2.45, 2.75) is 33.3 Å². The SMILES string of the molecule is COc1cc(C=Nn2c(-c3cc(C(C)C)c(OC)cc3C)nc3ccccc3c2=O)ccc1OCc1ccccc1F. The van der Waals surface area contributed by atoms with Crippen molar-refractivity contribution >= 4 is 17.1 Å². The van der Waals surface area contributed by atoms with E-state index in [0.29, 0.717) is 39.4 Å². The van der Waals surface area contributed by atoms with Gasteiger partial charge in [-0.25, -0.2) is 9.37 Å². The number of fused-ring (bicyclic) bond motifs is 1. The van der Waals surface area contributed by atoms with Gasteiger partial charge in [0.05, 0.1) is 31.3 Å². The molecule has 0 saturated carbocycles. The van der Waals surface area contributed by atoms with E-state index in [2.05, 4.69) is 18.9 Å². The molecule has 0 saturated heterocycles. The summed E-state index contributed by atoms with van der Waals surface area (Å²) in [5.74, 6) is 1.97. The number of aromatic nitrogens is 2. The van der Waals surface area contributed by atoms with Crippen molar-refractivity contribution in [1.29, 1.82) is 0 Å². The van der Waals surface area contributed by atoms with E-state index >= 15 is 0 Å². The molecule has 8 heteroatoms. The standard InChI is InChI=1S/C34H32FN3O4/c1-21(2)26-18-27(22(3)16-31(26)40-4)33-37-29-13-9-7-11-25(29)34(39)38(33)36-19-23-14-15-30(32(17-23)41-5)42-20-24-10-6-8-12-28(24)35/h6-19,21H,20H2,1-5H3. The molecule has 0 aliphatic rings. The molecule has 0 unspecified atom stereocenters. The van der Waals surface area contributed by atoms with Gasteiger partial charge in [0.15, 0.2) is 17.3 Å². The highest BCUT2D eigenvalue weighted by molar-refractivity contribution is 5.83. The van der Waals surface area contributed by atoms with E-state index in [1.54, 1.807) is 61.9 Å². The molecule has 0 fully saturated rings. The van der Waals surface area contributed by atoms with E-state index < -0.39 is 0 Å². The Morgan fingerprint density at radius 1 is 0.929 bits per heavy atom. The van der Waals surface area contributed by atoms with Gasteiger partial charge in [0.1, 0.15) is 18.2 Å². The minimum Gasteiger partial charge on any atom is -0.496 e. The van der Waals surface area contributed by atoms with Gasteiger partial charge in [0.25, 0.3) is 5.56 Å². The highest BCUT2D eigenvalue weighted by atomic mass is 19.1. The average molecular weight is 566 g/mol. The van der Waals surface area contributed by atoms with Crippen LogP contribution in [0.15, 0.2) is 88.8 Å². The lowest BCUT2D eigenvalue weighted by atomic mass is 9.96. The number of ether oxygens (including phenoxy) is 3. The predicted octanol–water partition coefficient (Wildman–Crippen LogP) is 7.11. The summed E-state index contributed by atoms with van der Waals surface area (Å²) >= 11 is 0. The first-order chi connectivity index (χ1) is 20.3. The van der Waals surface area contributed by atoms with Crippen molar-refractivity contribution in [3.05, 3.63) is 117 Å². The number of hydrogen-bond donors (Lipinski definition) is 0. The summed E-state index contributed by atoms with van der Waals surface area (Å²) < 4.78 is 32.4. The molecule has 0 aliphatic heterocycles. The van der Waals surface area contributed by atoms with Crippen molar-refractivity contribution in [3.8, 4) is 28.6 Å². The monoisotopic (exact) mass is 565 g/mol. The van der Waals surface area contributed by atoms with Gasteiger partial charge in [-0.1, -0.05) is 44.2 Å². The maximum atomic E-state index is 14.0. The van der Waals surface area contributed by atoms with Crippen LogP contribution in [0.4, 0.5) is 4.39 Å². The quantitative estimate of drug-likeness (QED) is 0.178.